The third kappa shape index (κ3) is 4.55. The number of nitrogens with one attached hydrogen (secondary N) is 1. The number of halogens is 1. The Morgan fingerprint density at radius 3 is 2.38 bits per heavy atom. The molecule has 1 heterocycles. The van der Waals surface area contributed by atoms with E-state index in [0.29, 0.717) is 11.9 Å². The Balaban J connectivity index is 1.91. The summed E-state index contributed by atoms with van der Waals surface area (Å²) in [5.41, 5.74) is 1.25. The lowest BCUT2D eigenvalue weighted by atomic mass is 10.1. The Bertz CT molecular complexity index is 565. The van der Waals surface area contributed by atoms with Crippen LogP contribution >= 0.6 is 11.6 Å². The van der Waals surface area contributed by atoms with E-state index in [1.54, 1.807) is 0 Å². The van der Waals surface area contributed by atoms with Crippen LogP contribution in [0.4, 0.5) is 0 Å². The molecule has 0 aliphatic rings. The van der Waals surface area contributed by atoms with Crippen LogP contribution in [0, 0.1) is 0 Å². The Labute approximate surface area is 130 Å². The molecule has 5 heteroatoms. The highest BCUT2D eigenvalue weighted by Crippen LogP contribution is 2.16. The number of aromatic nitrogens is 2. The van der Waals surface area contributed by atoms with Crippen molar-refractivity contribution in [3.8, 4) is 0 Å². The van der Waals surface area contributed by atoms with E-state index in [1.807, 2.05) is 19.1 Å². The summed E-state index contributed by atoms with van der Waals surface area (Å²) in [4.78, 5) is 4.42. The first-order valence-electron chi connectivity index (χ1n) is 7.29. The van der Waals surface area contributed by atoms with E-state index in [2.05, 4.69) is 48.4 Å². The minimum absolute atomic E-state index is 0.0345. The van der Waals surface area contributed by atoms with Crippen LogP contribution in [0.25, 0.3) is 0 Å². The fraction of sp³-hybridized carbons (Fsp3) is 0.500. The van der Waals surface area contributed by atoms with E-state index in [4.69, 9.17) is 16.1 Å². The molecule has 2 atom stereocenters. The van der Waals surface area contributed by atoms with Gasteiger partial charge in [0, 0.05) is 17.0 Å². The molecule has 0 aliphatic carbocycles. The summed E-state index contributed by atoms with van der Waals surface area (Å²) in [6.07, 6.45) is 0.923. The molecule has 4 nitrogen and oxygen atoms in total. The summed E-state index contributed by atoms with van der Waals surface area (Å²) in [7, 11) is 0. The average molecular weight is 308 g/mol. The third-order valence-corrected chi connectivity index (χ3v) is 3.59. The molecule has 0 amide bonds. The predicted octanol–water partition coefficient (Wildman–Crippen LogP) is 4.13. The van der Waals surface area contributed by atoms with Crippen LogP contribution in [0.5, 0.6) is 0 Å². The first kappa shape index (κ1) is 16.0. The second-order valence-corrected chi connectivity index (χ2v) is 6.20. The minimum atomic E-state index is 0.0345. The second-order valence-electron chi connectivity index (χ2n) is 5.77. The van der Waals surface area contributed by atoms with Gasteiger partial charge in [-0.25, -0.2) is 0 Å². The lowest BCUT2D eigenvalue weighted by molar-refractivity contribution is 0.323. The van der Waals surface area contributed by atoms with Gasteiger partial charge in [0.1, 0.15) is 0 Å². The highest BCUT2D eigenvalue weighted by Gasteiger charge is 2.17. The Morgan fingerprint density at radius 2 is 1.81 bits per heavy atom. The van der Waals surface area contributed by atoms with Crippen LogP contribution in [-0.2, 0) is 6.42 Å². The van der Waals surface area contributed by atoms with Gasteiger partial charge in [0.25, 0.3) is 0 Å². The molecule has 1 N–H and O–H groups in total. The van der Waals surface area contributed by atoms with Crippen LogP contribution in [0.3, 0.4) is 0 Å². The topological polar surface area (TPSA) is 51.0 Å². The van der Waals surface area contributed by atoms with Crippen molar-refractivity contribution in [2.75, 3.05) is 0 Å². The first-order chi connectivity index (χ1) is 9.95. The predicted molar refractivity (Wildman–Crippen MR) is 84.6 cm³/mol. The maximum atomic E-state index is 5.90. The van der Waals surface area contributed by atoms with Crippen LogP contribution in [0.15, 0.2) is 28.8 Å². The molecule has 1 aromatic heterocycles. The molecular weight excluding hydrogens is 286 g/mol. The van der Waals surface area contributed by atoms with E-state index < -0.39 is 0 Å². The smallest absolute Gasteiger partial charge is 0.243 e. The molecule has 114 valence electrons. The van der Waals surface area contributed by atoms with Crippen LogP contribution in [0.2, 0.25) is 5.02 Å². The van der Waals surface area contributed by atoms with Gasteiger partial charge >= 0.3 is 0 Å². The van der Waals surface area contributed by atoms with E-state index in [0.717, 1.165) is 17.3 Å². The number of benzene rings is 1. The van der Waals surface area contributed by atoms with Gasteiger partial charge in [-0.1, -0.05) is 42.7 Å². The molecule has 1 aromatic carbocycles. The molecule has 0 aliphatic heterocycles. The minimum Gasteiger partial charge on any atom is -0.338 e. The van der Waals surface area contributed by atoms with Crippen molar-refractivity contribution in [3.63, 3.8) is 0 Å². The van der Waals surface area contributed by atoms with Crippen molar-refractivity contribution in [2.45, 2.75) is 52.1 Å². The summed E-state index contributed by atoms with van der Waals surface area (Å²) in [5, 5.41) is 8.24. The lowest BCUT2D eigenvalue weighted by Crippen LogP contribution is -2.30. The quantitative estimate of drug-likeness (QED) is 0.872. The largest absolute Gasteiger partial charge is 0.338 e. The molecule has 0 fully saturated rings. The maximum Gasteiger partial charge on any atom is 0.243 e. The van der Waals surface area contributed by atoms with Crippen molar-refractivity contribution in [2.24, 2.45) is 0 Å². The number of hydrogen-bond donors (Lipinski definition) is 1. The molecule has 21 heavy (non-hydrogen) atoms. The van der Waals surface area contributed by atoms with Crippen LogP contribution in [0.1, 0.15) is 56.9 Å². The summed E-state index contributed by atoms with van der Waals surface area (Å²) < 4.78 is 5.31. The number of rotatable bonds is 6. The van der Waals surface area contributed by atoms with Gasteiger partial charge in [-0.05, 0) is 38.0 Å². The van der Waals surface area contributed by atoms with E-state index >= 15 is 0 Å². The third-order valence-electron chi connectivity index (χ3n) is 3.33. The molecule has 0 saturated heterocycles. The molecule has 0 saturated carbocycles. The summed E-state index contributed by atoms with van der Waals surface area (Å²) in [6, 6.07) is 8.27. The van der Waals surface area contributed by atoms with Crippen molar-refractivity contribution in [1.82, 2.24) is 15.5 Å². The standard InChI is InChI=1S/C16H22ClN3O/c1-10(2)15-19-16(21-20-15)12(4)18-11(3)9-13-5-7-14(17)8-6-13/h5-8,10-12,18H,9H2,1-4H3/t11-,12+/m1/s1. The normalized spacial score (nSPS) is 14.4. The molecule has 0 radical (unpaired) electrons. The molecular formula is C16H22ClN3O. The second kappa shape index (κ2) is 7.05. The van der Waals surface area contributed by atoms with Gasteiger partial charge < -0.3 is 9.84 Å². The fourth-order valence-electron chi connectivity index (χ4n) is 2.19. The molecule has 2 aromatic rings. The van der Waals surface area contributed by atoms with Crippen LogP contribution < -0.4 is 5.32 Å². The van der Waals surface area contributed by atoms with Crippen molar-refractivity contribution in [3.05, 3.63) is 46.6 Å². The number of nitrogens with zero attached hydrogens (tertiary/aromatic N) is 2. The lowest BCUT2D eigenvalue weighted by Gasteiger charge is -2.17. The Hall–Kier alpha value is -1.39. The first-order valence-corrected chi connectivity index (χ1v) is 7.67. The zero-order valence-corrected chi connectivity index (χ0v) is 13.7. The summed E-state index contributed by atoms with van der Waals surface area (Å²) >= 11 is 5.90. The SMILES string of the molecule is CC(C)c1noc([C@H](C)N[C@H](C)Cc2ccc(Cl)cc2)n1. The zero-order chi connectivity index (χ0) is 15.4. The van der Waals surface area contributed by atoms with Crippen LogP contribution in [-0.4, -0.2) is 16.2 Å². The molecule has 0 unspecified atom stereocenters. The van der Waals surface area contributed by atoms with Gasteiger partial charge in [0.15, 0.2) is 5.82 Å². The van der Waals surface area contributed by atoms with Gasteiger partial charge in [0.2, 0.25) is 5.89 Å². The monoisotopic (exact) mass is 307 g/mol. The van der Waals surface area contributed by atoms with Gasteiger partial charge in [-0.15, -0.1) is 0 Å². The van der Waals surface area contributed by atoms with E-state index in [-0.39, 0.29) is 12.0 Å². The highest BCUT2D eigenvalue weighted by molar-refractivity contribution is 6.30. The van der Waals surface area contributed by atoms with Gasteiger partial charge in [-0.2, -0.15) is 4.98 Å². The summed E-state index contributed by atoms with van der Waals surface area (Å²) in [5.74, 6) is 1.67. The number of hydrogen-bond acceptors (Lipinski definition) is 4. The maximum absolute atomic E-state index is 5.90. The van der Waals surface area contributed by atoms with Crippen molar-refractivity contribution >= 4 is 11.6 Å². The Morgan fingerprint density at radius 1 is 1.14 bits per heavy atom. The summed E-state index contributed by atoms with van der Waals surface area (Å²) in [6.45, 7) is 8.28. The van der Waals surface area contributed by atoms with E-state index in [1.165, 1.54) is 5.56 Å². The molecule has 0 bridgehead atoms. The van der Waals surface area contributed by atoms with Crippen molar-refractivity contribution < 1.29 is 4.52 Å². The Kier molecular flexibility index (Phi) is 5.37. The van der Waals surface area contributed by atoms with Gasteiger partial charge in [-0.3, -0.25) is 0 Å². The average Bonchev–Trinajstić information content (AvgIpc) is 2.91. The van der Waals surface area contributed by atoms with E-state index in [9.17, 15) is 0 Å². The highest BCUT2D eigenvalue weighted by atomic mass is 35.5. The van der Waals surface area contributed by atoms with Gasteiger partial charge in [0.05, 0.1) is 6.04 Å². The molecule has 0 spiro atoms. The molecule has 2 rings (SSSR count). The van der Waals surface area contributed by atoms with Crippen molar-refractivity contribution in [1.29, 1.82) is 0 Å². The fourth-order valence-corrected chi connectivity index (χ4v) is 2.31. The zero-order valence-electron chi connectivity index (χ0n) is 12.9.